The van der Waals surface area contributed by atoms with Crippen molar-refractivity contribution in [3.05, 3.63) is 70.2 Å². The molecule has 4 heteroatoms. The molecule has 3 rings (SSSR count). The highest BCUT2D eigenvalue weighted by atomic mass is 35.5. The van der Waals surface area contributed by atoms with Crippen molar-refractivity contribution in [1.29, 1.82) is 0 Å². The SMILES string of the molecule is Cc1cc(Cl)cc(C(O)c2cc3cc(F)ccc3o2)c1. The lowest BCUT2D eigenvalue weighted by molar-refractivity contribution is 0.192. The van der Waals surface area contributed by atoms with Gasteiger partial charge in [-0.05, 0) is 54.4 Å². The van der Waals surface area contributed by atoms with Crippen LogP contribution < -0.4 is 0 Å². The molecule has 0 aliphatic heterocycles. The maximum absolute atomic E-state index is 13.2. The van der Waals surface area contributed by atoms with E-state index in [1.807, 2.05) is 19.1 Å². The summed E-state index contributed by atoms with van der Waals surface area (Å²) in [7, 11) is 0. The zero-order valence-corrected chi connectivity index (χ0v) is 11.5. The topological polar surface area (TPSA) is 33.4 Å². The molecule has 0 amide bonds. The molecule has 0 aliphatic rings. The summed E-state index contributed by atoms with van der Waals surface area (Å²) < 4.78 is 18.7. The standard InChI is InChI=1S/C16H12ClFO2/c1-9-4-11(6-12(17)5-9)16(19)15-8-10-7-13(18)2-3-14(10)20-15/h2-8,16,19H,1H3. The lowest BCUT2D eigenvalue weighted by Crippen LogP contribution is -1.98. The minimum atomic E-state index is -0.928. The van der Waals surface area contributed by atoms with Crippen LogP contribution in [-0.4, -0.2) is 5.11 Å². The number of aliphatic hydroxyl groups is 1. The van der Waals surface area contributed by atoms with Gasteiger partial charge in [-0.25, -0.2) is 4.39 Å². The van der Waals surface area contributed by atoms with Crippen LogP contribution in [0.1, 0.15) is 23.0 Å². The van der Waals surface area contributed by atoms with E-state index in [4.69, 9.17) is 16.0 Å². The van der Waals surface area contributed by atoms with E-state index in [1.165, 1.54) is 12.1 Å². The smallest absolute Gasteiger partial charge is 0.138 e. The third kappa shape index (κ3) is 2.42. The van der Waals surface area contributed by atoms with Crippen molar-refractivity contribution in [2.24, 2.45) is 0 Å². The first-order chi connectivity index (χ1) is 9.52. The number of aliphatic hydroxyl groups excluding tert-OH is 1. The van der Waals surface area contributed by atoms with E-state index in [2.05, 4.69) is 0 Å². The summed E-state index contributed by atoms with van der Waals surface area (Å²) in [6.45, 7) is 1.90. The second kappa shape index (κ2) is 4.93. The Morgan fingerprint density at radius 1 is 1.15 bits per heavy atom. The summed E-state index contributed by atoms with van der Waals surface area (Å²) in [4.78, 5) is 0. The summed E-state index contributed by atoms with van der Waals surface area (Å²) in [6, 6.07) is 11.2. The third-order valence-electron chi connectivity index (χ3n) is 3.15. The van der Waals surface area contributed by atoms with Gasteiger partial charge in [0.2, 0.25) is 0 Å². The zero-order chi connectivity index (χ0) is 14.3. The van der Waals surface area contributed by atoms with Crippen LogP contribution in [0, 0.1) is 12.7 Å². The van der Waals surface area contributed by atoms with Crippen molar-refractivity contribution in [1.82, 2.24) is 0 Å². The van der Waals surface area contributed by atoms with E-state index in [-0.39, 0.29) is 5.82 Å². The fourth-order valence-corrected chi connectivity index (χ4v) is 2.55. The van der Waals surface area contributed by atoms with E-state index >= 15 is 0 Å². The Morgan fingerprint density at radius 2 is 1.95 bits per heavy atom. The molecular weight excluding hydrogens is 279 g/mol. The first-order valence-corrected chi connectivity index (χ1v) is 6.55. The van der Waals surface area contributed by atoms with Gasteiger partial charge in [0, 0.05) is 10.4 Å². The normalized spacial score (nSPS) is 12.8. The second-order valence-corrected chi connectivity index (χ2v) is 5.23. The molecule has 3 aromatic rings. The molecule has 102 valence electrons. The Labute approximate surface area is 120 Å². The number of furan rings is 1. The molecule has 1 aromatic heterocycles. The van der Waals surface area contributed by atoms with Gasteiger partial charge >= 0.3 is 0 Å². The molecule has 0 saturated heterocycles. The minimum Gasteiger partial charge on any atom is -0.458 e. The fourth-order valence-electron chi connectivity index (χ4n) is 2.26. The highest BCUT2D eigenvalue weighted by Crippen LogP contribution is 2.30. The predicted molar refractivity (Wildman–Crippen MR) is 76.4 cm³/mol. The molecule has 0 bridgehead atoms. The van der Waals surface area contributed by atoms with Crippen LogP contribution in [0.5, 0.6) is 0 Å². The Hall–Kier alpha value is -1.84. The molecule has 0 fully saturated rings. The first kappa shape index (κ1) is 13.2. The molecule has 0 aliphatic carbocycles. The van der Waals surface area contributed by atoms with Gasteiger partial charge in [-0.15, -0.1) is 0 Å². The van der Waals surface area contributed by atoms with Crippen molar-refractivity contribution < 1.29 is 13.9 Å². The van der Waals surface area contributed by atoms with Crippen LogP contribution in [0.25, 0.3) is 11.0 Å². The summed E-state index contributed by atoms with van der Waals surface area (Å²) in [5.74, 6) is 0.0326. The van der Waals surface area contributed by atoms with Crippen LogP contribution in [0.15, 0.2) is 46.9 Å². The average Bonchev–Trinajstić information content (AvgIpc) is 2.79. The summed E-state index contributed by atoms with van der Waals surface area (Å²) in [6.07, 6.45) is -0.928. The number of rotatable bonds is 2. The number of benzene rings is 2. The molecule has 1 N–H and O–H groups in total. The monoisotopic (exact) mass is 290 g/mol. The lowest BCUT2D eigenvalue weighted by atomic mass is 10.0. The Kier molecular flexibility index (Phi) is 3.24. The summed E-state index contributed by atoms with van der Waals surface area (Å²) in [5.41, 5.74) is 2.14. The third-order valence-corrected chi connectivity index (χ3v) is 3.37. The molecule has 0 spiro atoms. The van der Waals surface area contributed by atoms with Crippen LogP contribution in [-0.2, 0) is 0 Å². The van der Waals surface area contributed by atoms with Gasteiger partial charge in [0.15, 0.2) is 0 Å². The molecule has 20 heavy (non-hydrogen) atoms. The van der Waals surface area contributed by atoms with Crippen LogP contribution >= 0.6 is 11.6 Å². The fraction of sp³-hybridized carbons (Fsp3) is 0.125. The lowest BCUT2D eigenvalue weighted by Gasteiger charge is -2.09. The van der Waals surface area contributed by atoms with E-state index < -0.39 is 6.10 Å². The average molecular weight is 291 g/mol. The number of hydrogen-bond donors (Lipinski definition) is 1. The minimum absolute atomic E-state index is 0.335. The Morgan fingerprint density at radius 3 is 2.70 bits per heavy atom. The molecular formula is C16H12ClFO2. The molecule has 2 aromatic carbocycles. The molecule has 1 heterocycles. The van der Waals surface area contributed by atoms with Crippen LogP contribution in [0.2, 0.25) is 5.02 Å². The quantitative estimate of drug-likeness (QED) is 0.747. The van der Waals surface area contributed by atoms with Crippen molar-refractivity contribution in [3.63, 3.8) is 0 Å². The Balaban J connectivity index is 2.05. The van der Waals surface area contributed by atoms with Gasteiger partial charge in [0.1, 0.15) is 23.3 Å². The predicted octanol–water partition coefficient (Wildman–Crippen LogP) is 4.62. The number of hydrogen-bond acceptors (Lipinski definition) is 2. The van der Waals surface area contributed by atoms with Gasteiger partial charge in [-0.2, -0.15) is 0 Å². The molecule has 0 saturated carbocycles. The molecule has 1 unspecified atom stereocenters. The maximum atomic E-state index is 13.2. The zero-order valence-electron chi connectivity index (χ0n) is 10.7. The van der Waals surface area contributed by atoms with Crippen molar-refractivity contribution in [2.75, 3.05) is 0 Å². The van der Waals surface area contributed by atoms with Gasteiger partial charge < -0.3 is 9.52 Å². The van der Waals surface area contributed by atoms with E-state index in [0.29, 0.717) is 27.3 Å². The Bertz CT molecular complexity index is 759. The van der Waals surface area contributed by atoms with Gasteiger partial charge in [0.05, 0.1) is 0 Å². The van der Waals surface area contributed by atoms with E-state index in [9.17, 15) is 9.50 Å². The van der Waals surface area contributed by atoms with Crippen molar-refractivity contribution >= 4 is 22.6 Å². The molecule has 0 radical (unpaired) electrons. The summed E-state index contributed by atoms with van der Waals surface area (Å²) >= 11 is 5.99. The largest absolute Gasteiger partial charge is 0.458 e. The van der Waals surface area contributed by atoms with E-state index in [1.54, 1.807) is 18.2 Å². The highest BCUT2D eigenvalue weighted by Gasteiger charge is 2.16. The van der Waals surface area contributed by atoms with Gasteiger partial charge in [-0.1, -0.05) is 17.7 Å². The molecule has 1 atom stereocenters. The number of fused-ring (bicyclic) bond motifs is 1. The number of halogens is 2. The second-order valence-electron chi connectivity index (χ2n) is 4.80. The van der Waals surface area contributed by atoms with E-state index in [0.717, 1.165) is 5.56 Å². The summed E-state index contributed by atoms with van der Waals surface area (Å²) in [5, 5.41) is 11.5. The van der Waals surface area contributed by atoms with Crippen molar-refractivity contribution in [3.8, 4) is 0 Å². The van der Waals surface area contributed by atoms with Crippen molar-refractivity contribution in [2.45, 2.75) is 13.0 Å². The van der Waals surface area contributed by atoms with Gasteiger partial charge in [-0.3, -0.25) is 0 Å². The van der Waals surface area contributed by atoms with Gasteiger partial charge in [0.25, 0.3) is 0 Å². The number of aryl methyl sites for hydroxylation is 1. The molecule has 2 nitrogen and oxygen atoms in total. The first-order valence-electron chi connectivity index (χ1n) is 6.17. The highest BCUT2D eigenvalue weighted by molar-refractivity contribution is 6.30. The van der Waals surface area contributed by atoms with Crippen LogP contribution in [0.4, 0.5) is 4.39 Å². The maximum Gasteiger partial charge on any atom is 0.138 e. The van der Waals surface area contributed by atoms with Crippen LogP contribution in [0.3, 0.4) is 0 Å².